The lowest BCUT2D eigenvalue weighted by molar-refractivity contribution is 0.0945. The lowest BCUT2D eigenvalue weighted by atomic mass is 10.2. The molecule has 0 spiro atoms. The second kappa shape index (κ2) is 8.62. The van der Waals surface area contributed by atoms with Gasteiger partial charge >= 0.3 is 0 Å². The van der Waals surface area contributed by atoms with Crippen molar-refractivity contribution in [3.63, 3.8) is 0 Å². The molecule has 6 heteroatoms. The van der Waals surface area contributed by atoms with Gasteiger partial charge in [-0.25, -0.2) is 4.98 Å². The highest BCUT2D eigenvalue weighted by Crippen LogP contribution is 2.19. The Morgan fingerprint density at radius 1 is 1.00 bits per heavy atom. The largest absolute Gasteiger partial charge is 0.494 e. The van der Waals surface area contributed by atoms with E-state index in [2.05, 4.69) is 20.6 Å². The molecule has 0 unspecified atom stereocenters. The van der Waals surface area contributed by atoms with Crippen LogP contribution in [0.5, 0.6) is 5.75 Å². The van der Waals surface area contributed by atoms with Crippen LogP contribution in [0.3, 0.4) is 0 Å². The molecule has 2 N–H and O–H groups in total. The first-order chi connectivity index (χ1) is 12.7. The summed E-state index contributed by atoms with van der Waals surface area (Å²) >= 11 is 0. The average molecular weight is 348 g/mol. The molecule has 0 aliphatic rings. The maximum Gasteiger partial charge on any atom is 0.270 e. The molecule has 2 aromatic heterocycles. The average Bonchev–Trinajstić information content (AvgIpc) is 2.69. The van der Waals surface area contributed by atoms with Crippen molar-refractivity contribution in [2.45, 2.75) is 13.5 Å². The molecule has 0 saturated carbocycles. The number of nitrogens with zero attached hydrogens (tertiary/aromatic N) is 2. The second-order valence-corrected chi connectivity index (χ2v) is 5.52. The molecule has 0 fully saturated rings. The molecular formula is C20H20N4O2. The molecule has 1 aromatic carbocycles. The Morgan fingerprint density at radius 2 is 1.81 bits per heavy atom. The highest BCUT2D eigenvalue weighted by Gasteiger charge is 2.07. The Balaban J connectivity index is 1.56. The van der Waals surface area contributed by atoms with Gasteiger partial charge in [0.25, 0.3) is 5.91 Å². The summed E-state index contributed by atoms with van der Waals surface area (Å²) in [5.41, 5.74) is 2.88. The van der Waals surface area contributed by atoms with Crippen LogP contribution in [0.15, 0.2) is 67.0 Å². The molecule has 0 radical (unpaired) electrons. The number of anilines is 2. The number of hydrogen-bond donors (Lipinski definition) is 2. The van der Waals surface area contributed by atoms with E-state index in [1.54, 1.807) is 18.5 Å². The maximum atomic E-state index is 12.2. The Hall–Kier alpha value is -3.41. The lowest BCUT2D eigenvalue weighted by Crippen LogP contribution is -2.24. The van der Waals surface area contributed by atoms with E-state index in [9.17, 15) is 4.79 Å². The molecule has 6 nitrogen and oxygen atoms in total. The minimum atomic E-state index is -0.233. The Kier molecular flexibility index (Phi) is 5.77. The van der Waals surface area contributed by atoms with Gasteiger partial charge in [-0.15, -0.1) is 0 Å². The molecular weight excluding hydrogens is 328 g/mol. The number of nitrogens with one attached hydrogen (secondary N) is 2. The number of ether oxygens (including phenoxy) is 1. The normalized spacial score (nSPS) is 10.2. The SMILES string of the molecule is CCOc1ccc(Nc2ccc(C(=O)NCc3ccccn3)nc2)cc1. The number of carbonyl (C=O) groups is 1. The quantitative estimate of drug-likeness (QED) is 0.683. The van der Waals surface area contributed by atoms with Crippen LogP contribution in [0.4, 0.5) is 11.4 Å². The summed E-state index contributed by atoms with van der Waals surface area (Å²) < 4.78 is 5.42. The summed E-state index contributed by atoms with van der Waals surface area (Å²) in [6, 6.07) is 16.7. The third-order valence-electron chi connectivity index (χ3n) is 3.61. The van der Waals surface area contributed by atoms with Gasteiger partial charge in [0.2, 0.25) is 0 Å². The van der Waals surface area contributed by atoms with Gasteiger partial charge in [-0.1, -0.05) is 6.07 Å². The van der Waals surface area contributed by atoms with E-state index in [-0.39, 0.29) is 5.91 Å². The van der Waals surface area contributed by atoms with Crippen LogP contribution in [-0.4, -0.2) is 22.5 Å². The van der Waals surface area contributed by atoms with Crippen molar-refractivity contribution < 1.29 is 9.53 Å². The topological polar surface area (TPSA) is 76.1 Å². The zero-order valence-electron chi connectivity index (χ0n) is 14.5. The Labute approximate surface area is 152 Å². The van der Waals surface area contributed by atoms with Crippen LogP contribution in [-0.2, 0) is 6.54 Å². The second-order valence-electron chi connectivity index (χ2n) is 5.52. The summed E-state index contributed by atoms with van der Waals surface area (Å²) in [6.45, 7) is 2.96. The highest BCUT2D eigenvalue weighted by atomic mass is 16.5. The minimum Gasteiger partial charge on any atom is -0.494 e. The number of pyridine rings is 2. The molecule has 0 aliphatic carbocycles. The summed E-state index contributed by atoms with van der Waals surface area (Å²) in [5.74, 6) is 0.597. The number of carbonyl (C=O) groups excluding carboxylic acids is 1. The van der Waals surface area contributed by atoms with Crippen molar-refractivity contribution in [2.24, 2.45) is 0 Å². The standard InChI is InChI=1S/C20H20N4O2/c1-2-26-18-9-6-15(7-10-18)24-17-8-11-19(22-14-17)20(25)23-13-16-5-3-4-12-21-16/h3-12,14,24H,2,13H2,1H3,(H,23,25). The van der Waals surface area contributed by atoms with Gasteiger partial charge in [0.1, 0.15) is 11.4 Å². The third-order valence-corrected chi connectivity index (χ3v) is 3.61. The highest BCUT2D eigenvalue weighted by molar-refractivity contribution is 5.92. The van der Waals surface area contributed by atoms with E-state index in [0.717, 1.165) is 22.8 Å². The van der Waals surface area contributed by atoms with Crippen LogP contribution in [0.1, 0.15) is 23.1 Å². The first-order valence-corrected chi connectivity index (χ1v) is 8.38. The summed E-state index contributed by atoms with van der Waals surface area (Å²) in [7, 11) is 0. The first-order valence-electron chi connectivity index (χ1n) is 8.38. The zero-order chi connectivity index (χ0) is 18.2. The zero-order valence-corrected chi connectivity index (χ0v) is 14.5. The van der Waals surface area contributed by atoms with Gasteiger partial charge in [0.05, 0.1) is 30.7 Å². The summed E-state index contributed by atoms with van der Waals surface area (Å²) in [4.78, 5) is 20.5. The molecule has 0 saturated heterocycles. The summed E-state index contributed by atoms with van der Waals surface area (Å²) in [5, 5.41) is 6.04. The predicted octanol–water partition coefficient (Wildman–Crippen LogP) is 3.55. The lowest BCUT2D eigenvalue weighted by Gasteiger charge is -2.09. The van der Waals surface area contributed by atoms with Crippen molar-refractivity contribution >= 4 is 17.3 Å². The van der Waals surface area contributed by atoms with Crippen LogP contribution in [0.2, 0.25) is 0 Å². The van der Waals surface area contributed by atoms with E-state index < -0.39 is 0 Å². The van der Waals surface area contributed by atoms with Crippen LogP contribution in [0, 0.1) is 0 Å². The molecule has 0 aliphatic heterocycles. The third kappa shape index (κ3) is 4.80. The molecule has 0 atom stereocenters. The fourth-order valence-corrected chi connectivity index (χ4v) is 2.33. The molecule has 1 amide bonds. The monoisotopic (exact) mass is 348 g/mol. The van der Waals surface area contributed by atoms with Crippen molar-refractivity contribution in [1.29, 1.82) is 0 Å². The number of benzene rings is 1. The van der Waals surface area contributed by atoms with E-state index >= 15 is 0 Å². The number of amides is 1. The van der Waals surface area contributed by atoms with Crippen LogP contribution in [0.25, 0.3) is 0 Å². The van der Waals surface area contributed by atoms with E-state index in [1.165, 1.54) is 0 Å². The minimum absolute atomic E-state index is 0.233. The first kappa shape index (κ1) is 17.4. The maximum absolute atomic E-state index is 12.2. The molecule has 26 heavy (non-hydrogen) atoms. The van der Waals surface area contributed by atoms with Crippen molar-refractivity contribution in [2.75, 3.05) is 11.9 Å². The van der Waals surface area contributed by atoms with Crippen molar-refractivity contribution in [3.05, 3.63) is 78.4 Å². The van der Waals surface area contributed by atoms with E-state index in [4.69, 9.17) is 4.74 Å². The fourth-order valence-electron chi connectivity index (χ4n) is 2.33. The fraction of sp³-hybridized carbons (Fsp3) is 0.150. The van der Waals surface area contributed by atoms with Crippen LogP contribution < -0.4 is 15.4 Å². The smallest absolute Gasteiger partial charge is 0.270 e. The van der Waals surface area contributed by atoms with Crippen LogP contribution >= 0.6 is 0 Å². The van der Waals surface area contributed by atoms with Gasteiger partial charge in [-0.3, -0.25) is 9.78 Å². The van der Waals surface area contributed by atoms with E-state index in [1.807, 2.05) is 55.5 Å². The molecule has 3 aromatic rings. The summed E-state index contributed by atoms with van der Waals surface area (Å²) in [6.07, 6.45) is 3.33. The van der Waals surface area contributed by atoms with Gasteiger partial charge in [-0.2, -0.15) is 0 Å². The molecule has 132 valence electrons. The van der Waals surface area contributed by atoms with Gasteiger partial charge in [0, 0.05) is 11.9 Å². The van der Waals surface area contributed by atoms with Gasteiger partial charge < -0.3 is 15.4 Å². The Bertz CT molecular complexity index is 834. The number of rotatable bonds is 7. The number of hydrogen-bond acceptors (Lipinski definition) is 5. The Morgan fingerprint density at radius 3 is 2.46 bits per heavy atom. The molecule has 3 rings (SSSR count). The predicted molar refractivity (Wildman–Crippen MR) is 101 cm³/mol. The van der Waals surface area contributed by atoms with Gasteiger partial charge in [0.15, 0.2) is 0 Å². The van der Waals surface area contributed by atoms with Crippen molar-refractivity contribution in [1.82, 2.24) is 15.3 Å². The number of aromatic nitrogens is 2. The molecule has 2 heterocycles. The van der Waals surface area contributed by atoms with E-state index in [0.29, 0.717) is 18.8 Å². The van der Waals surface area contributed by atoms with Crippen molar-refractivity contribution in [3.8, 4) is 5.75 Å². The van der Waals surface area contributed by atoms with Gasteiger partial charge in [-0.05, 0) is 55.5 Å². The molecule has 0 bridgehead atoms.